The summed E-state index contributed by atoms with van der Waals surface area (Å²) in [7, 11) is 0. The van der Waals surface area contributed by atoms with Gasteiger partial charge < -0.3 is 14.1 Å². The summed E-state index contributed by atoms with van der Waals surface area (Å²) in [5, 5.41) is 8.07. The Bertz CT molecular complexity index is 686. The third-order valence-corrected chi connectivity index (χ3v) is 3.46. The smallest absolute Gasteiger partial charge is 0.236 e. The van der Waals surface area contributed by atoms with Gasteiger partial charge in [0, 0.05) is 6.92 Å². The molecule has 1 amide bonds. The van der Waals surface area contributed by atoms with Crippen molar-refractivity contribution >= 4 is 23.2 Å². The summed E-state index contributed by atoms with van der Waals surface area (Å²) in [6.07, 6.45) is -0.0785. The fraction of sp³-hybridized carbons (Fsp3) is 0.357. The van der Waals surface area contributed by atoms with Gasteiger partial charge in [0.2, 0.25) is 17.7 Å². The second-order valence-corrected chi connectivity index (χ2v) is 5.32. The molecular formula is C14H14ClN3O3. The molecule has 110 valence electrons. The van der Waals surface area contributed by atoms with Gasteiger partial charge in [-0.05, 0) is 19.1 Å². The maximum Gasteiger partial charge on any atom is 0.236 e. The van der Waals surface area contributed by atoms with Gasteiger partial charge in [-0.2, -0.15) is 0 Å². The molecule has 6 nitrogen and oxygen atoms in total. The number of rotatable bonds is 2. The van der Waals surface area contributed by atoms with Gasteiger partial charge in [0.05, 0.1) is 17.3 Å². The van der Waals surface area contributed by atoms with Crippen molar-refractivity contribution in [1.29, 1.82) is 0 Å². The van der Waals surface area contributed by atoms with Crippen molar-refractivity contribution in [3.63, 3.8) is 0 Å². The number of halogens is 1. The Hall–Kier alpha value is -2.08. The zero-order valence-corrected chi connectivity index (χ0v) is 12.4. The average molecular weight is 308 g/mol. The molecule has 1 atom stereocenters. The van der Waals surface area contributed by atoms with Crippen LogP contribution in [0.2, 0.25) is 5.02 Å². The second kappa shape index (κ2) is 5.37. The molecule has 0 radical (unpaired) electrons. The number of carbonyl (C=O) groups is 1. The van der Waals surface area contributed by atoms with Crippen molar-refractivity contribution in [2.45, 2.75) is 26.4 Å². The Morgan fingerprint density at radius 3 is 3.00 bits per heavy atom. The number of nitrogens with zero attached hydrogens (tertiary/aromatic N) is 3. The predicted molar refractivity (Wildman–Crippen MR) is 76.6 cm³/mol. The summed E-state index contributed by atoms with van der Waals surface area (Å²) in [5.74, 6) is 1.15. The van der Waals surface area contributed by atoms with Crippen LogP contribution in [0.15, 0.2) is 22.6 Å². The first-order valence-corrected chi connectivity index (χ1v) is 6.97. The molecule has 1 aromatic heterocycles. The van der Waals surface area contributed by atoms with Crippen LogP contribution in [0.25, 0.3) is 0 Å². The Balaban J connectivity index is 1.88. The SMILES string of the molecule is Cc1nnc(CC(=O)N2C[C@H](C)Oc3c(Cl)cccc32)o1. The number of para-hydroxylation sites is 1. The molecule has 1 aliphatic rings. The Morgan fingerprint density at radius 1 is 1.48 bits per heavy atom. The fourth-order valence-electron chi connectivity index (χ4n) is 2.29. The first-order chi connectivity index (χ1) is 10.0. The van der Waals surface area contributed by atoms with E-state index < -0.39 is 0 Å². The van der Waals surface area contributed by atoms with E-state index in [1.54, 1.807) is 24.0 Å². The highest BCUT2D eigenvalue weighted by atomic mass is 35.5. The van der Waals surface area contributed by atoms with E-state index in [9.17, 15) is 4.79 Å². The minimum absolute atomic E-state index is 0.0551. The average Bonchev–Trinajstić information content (AvgIpc) is 2.84. The van der Waals surface area contributed by atoms with Crippen molar-refractivity contribution in [2.24, 2.45) is 0 Å². The van der Waals surface area contributed by atoms with Crippen LogP contribution in [0.4, 0.5) is 5.69 Å². The number of anilines is 1. The first-order valence-electron chi connectivity index (χ1n) is 6.59. The van der Waals surface area contributed by atoms with Crippen LogP contribution in [0.3, 0.4) is 0 Å². The van der Waals surface area contributed by atoms with Crippen molar-refractivity contribution in [3.8, 4) is 5.75 Å². The Kier molecular flexibility index (Phi) is 3.55. The van der Waals surface area contributed by atoms with Gasteiger partial charge >= 0.3 is 0 Å². The molecule has 21 heavy (non-hydrogen) atoms. The summed E-state index contributed by atoms with van der Waals surface area (Å²) in [5.41, 5.74) is 0.668. The van der Waals surface area contributed by atoms with Crippen LogP contribution >= 0.6 is 11.6 Å². The molecule has 7 heteroatoms. The van der Waals surface area contributed by atoms with Crippen molar-refractivity contribution in [2.75, 3.05) is 11.4 Å². The molecule has 0 bridgehead atoms. The van der Waals surface area contributed by atoms with E-state index in [-0.39, 0.29) is 18.4 Å². The normalized spacial score (nSPS) is 17.3. The lowest BCUT2D eigenvalue weighted by Crippen LogP contribution is -2.43. The number of fused-ring (bicyclic) bond motifs is 1. The minimum Gasteiger partial charge on any atom is -0.485 e. The van der Waals surface area contributed by atoms with Crippen molar-refractivity contribution in [1.82, 2.24) is 10.2 Å². The predicted octanol–water partition coefficient (Wildman–Crippen LogP) is 2.39. The zero-order chi connectivity index (χ0) is 15.0. The van der Waals surface area contributed by atoms with E-state index >= 15 is 0 Å². The van der Waals surface area contributed by atoms with Crippen LogP contribution in [-0.4, -0.2) is 28.8 Å². The molecule has 1 aliphatic heterocycles. The van der Waals surface area contributed by atoms with E-state index in [1.165, 1.54) is 0 Å². The summed E-state index contributed by atoms with van der Waals surface area (Å²) < 4.78 is 11.0. The minimum atomic E-state index is -0.134. The standard InChI is InChI=1S/C14H14ClN3O3/c1-8-7-18(11-5-3-4-10(15)14(11)20-8)13(19)6-12-17-16-9(2)21-12/h3-5,8H,6-7H2,1-2H3/t8-/m0/s1. The van der Waals surface area contributed by atoms with Crippen LogP contribution < -0.4 is 9.64 Å². The van der Waals surface area contributed by atoms with Crippen LogP contribution in [0.5, 0.6) is 5.75 Å². The lowest BCUT2D eigenvalue weighted by Gasteiger charge is -2.33. The Labute approximate surface area is 126 Å². The highest BCUT2D eigenvalue weighted by Crippen LogP contribution is 2.39. The molecule has 0 fully saturated rings. The molecule has 0 spiro atoms. The molecule has 0 saturated heterocycles. The number of hydrogen-bond acceptors (Lipinski definition) is 5. The molecule has 3 rings (SSSR count). The summed E-state index contributed by atoms with van der Waals surface area (Å²) in [6, 6.07) is 5.34. The van der Waals surface area contributed by atoms with Crippen molar-refractivity contribution < 1.29 is 13.9 Å². The van der Waals surface area contributed by atoms with Gasteiger partial charge in [-0.25, -0.2) is 0 Å². The molecule has 2 heterocycles. The molecule has 2 aromatic rings. The van der Waals surface area contributed by atoms with Gasteiger partial charge in [-0.3, -0.25) is 4.79 Å². The summed E-state index contributed by atoms with van der Waals surface area (Å²) >= 11 is 6.14. The number of amides is 1. The number of aromatic nitrogens is 2. The second-order valence-electron chi connectivity index (χ2n) is 4.91. The number of ether oxygens (including phenoxy) is 1. The first kappa shape index (κ1) is 13.9. The quantitative estimate of drug-likeness (QED) is 0.852. The van der Waals surface area contributed by atoms with Gasteiger partial charge in [0.15, 0.2) is 5.75 Å². The van der Waals surface area contributed by atoms with Gasteiger partial charge in [0.25, 0.3) is 0 Å². The van der Waals surface area contributed by atoms with Gasteiger partial charge in [-0.1, -0.05) is 17.7 Å². The topological polar surface area (TPSA) is 68.5 Å². The largest absolute Gasteiger partial charge is 0.485 e. The fourth-order valence-corrected chi connectivity index (χ4v) is 2.50. The van der Waals surface area contributed by atoms with E-state index in [4.69, 9.17) is 20.8 Å². The maximum atomic E-state index is 12.5. The molecular weight excluding hydrogens is 294 g/mol. The molecule has 0 aliphatic carbocycles. The van der Waals surface area contributed by atoms with Gasteiger partial charge in [-0.15, -0.1) is 10.2 Å². The number of carbonyl (C=O) groups excluding carboxylic acids is 1. The van der Waals surface area contributed by atoms with Crippen LogP contribution in [-0.2, 0) is 11.2 Å². The van der Waals surface area contributed by atoms with E-state index in [0.29, 0.717) is 34.8 Å². The van der Waals surface area contributed by atoms with E-state index in [0.717, 1.165) is 0 Å². The molecule has 0 saturated carbocycles. The maximum absolute atomic E-state index is 12.5. The molecule has 0 N–H and O–H groups in total. The van der Waals surface area contributed by atoms with E-state index in [2.05, 4.69) is 10.2 Å². The van der Waals surface area contributed by atoms with Crippen LogP contribution in [0, 0.1) is 6.92 Å². The van der Waals surface area contributed by atoms with Gasteiger partial charge in [0.1, 0.15) is 12.5 Å². The number of benzene rings is 1. The van der Waals surface area contributed by atoms with Crippen molar-refractivity contribution in [3.05, 3.63) is 35.0 Å². The summed E-state index contributed by atoms with van der Waals surface area (Å²) in [4.78, 5) is 14.1. The lowest BCUT2D eigenvalue weighted by molar-refractivity contribution is -0.118. The molecule has 1 aromatic carbocycles. The highest BCUT2D eigenvalue weighted by molar-refractivity contribution is 6.32. The lowest BCUT2D eigenvalue weighted by atomic mass is 10.2. The monoisotopic (exact) mass is 307 g/mol. The third kappa shape index (κ3) is 2.71. The zero-order valence-electron chi connectivity index (χ0n) is 11.7. The van der Waals surface area contributed by atoms with E-state index in [1.807, 2.05) is 13.0 Å². The molecule has 0 unspecified atom stereocenters. The third-order valence-electron chi connectivity index (χ3n) is 3.17. The van der Waals surface area contributed by atoms with Crippen LogP contribution in [0.1, 0.15) is 18.7 Å². The highest BCUT2D eigenvalue weighted by Gasteiger charge is 2.29. The summed E-state index contributed by atoms with van der Waals surface area (Å²) in [6.45, 7) is 4.04. The number of aryl methyl sites for hydroxylation is 1. The Morgan fingerprint density at radius 2 is 2.29 bits per heavy atom. The number of hydrogen-bond donors (Lipinski definition) is 0.